The van der Waals surface area contributed by atoms with Gasteiger partial charge < -0.3 is 9.84 Å². The number of nitrogens with zero attached hydrogens (tertiary/aromatic N) is 2. The summed E-state index contributed by atoms with van der Waals surface area (Å²) in [6.07, 6.45) is 1.81. The van der Waals surface area contributed by atoms with Crippen molar-refractivity contribution in [2.45, 2.75) is 23.5 Å². The Balaban J connectivity index is 1.85. The van der Waals surface area contributed by atoms with E-state index < -0.39 is 0 Å². The molecule has 1 N–H and O–H groups in total. The fourth-order valence-electron chi connectivity index (χ4n) is 1.57. The van der Waals surface area contributed by atoms with Gasteiger partial charge in [-0.3, -0.25) is 0 Å². The highest BCUT2D eigenvalue weighted by Crippen LogP contribution is 2.28. The summed E-state index contributed by atoms with van der Waals surface area (Å²) in [6, 6.07) is 7.75. The smallest absolute Gasteiger partial charge is 0.226 e. The normalized spacial score (nSPS) is 10.8. The van der Waals surface area contributed by atoms with E-state index in [0.29, 0.717) is 17.5 Å². The molecule has 0 fully saturated rings. The average Bonchev–Trinajstić information content (AvgIpc) is 2.86. The Morgan fingerprint density at radius 3 is 3.00 bits per heavy atom. The lowest BCUT2D eigenvalue weighted by atomic mass is 10.3. The first-order valence-electron chi connectivity index (χ1n) is 6.13. The summed E-state index contributed by atoms with van der Waals surface area (Å²) in [7, 11) is 1.93. The molecule has 6 heteroatoms. The highest BCUT2D eigenvalue weighted by molar-refractivity contribution is 7.98. The van der Waals surface area contributed by atoms with Crippen molar-refractivity contribution >= 4 is 23.4 Å². The van der Waals surface area contributed by atoms with E-state index in [0.717, 1.165) is 29.3 Å². The van der Waals surface area contributed by atoms with Crippen LogP contribution in [0.4, 0.5) is 0 Å². The Morgan fingerprint density at radius 1 is 1.37 bits per heavy atom. The minimum atomic E-state index is 0.666. The molecule has 0 aliphatic heterocycles. The predicted octanol–water partition coefficient (Wildman–Crippen LogP) is 3.17. The van der Waals surface area contributed by atoms with E-state index in [9.17, 15) is 0 Å². The van der Waals surface area contributed by atoms with Gasteiger partial charge >= 0.3 is 0 Å². The van der Waals surface area contributed by atoms with Crippen molar-refractivity contribution < 1.29 is 4.52 Å². The molecule has 1 aromatic heterocycles. The number of halogens is 1. The van der Waals surface area contributed by atoms with Gasteiger partial charge in [-0.15, -0.1) is 11.8 Å². The summed E-state index contributed by atoms with van der Waals surface area (Å²) >= 11 is 7.70. The number of benzene rings is 1. The topological polar surface area (TPSA) is 51.0 Å². The van der Waals surface area contributed by atoms with Crippen molar-refractivity contribution in [3.8, 4) is 0 Å². The summed E-state index contributed by atoms with van der Waals surface area (Å²) < 4.78 is 5.19. The van der Waals surface area contributed by atoms with Crippen LogP contribution in [0, 0.1) is 0 Å². The third-order valence-electron chi connectivity index (χ3n) is 2.52. The third-order valence-corrected chi connectivity index (χ3v) is 4.03. The number of aromatic nitrogens is 2. The van der Waals surface area contributed by atoms with Gasteiger partial charge in [0.1, 0.15) is 0 Å². The molecule has 4 nitrogen and oxygen atoms in total. The van der Waals surface area contributed by atoms with Crippen LogP contribution in [0.15, 0.2) is 33.7 Å². The molecule has 0 amide bonds. The van der Waals surface area contributed by atoms with Gasteiger partial charge in [-0.1, -0.05) is 28.9 Å². The summed E-state index contributed by atoms with van der Waals surface area (Å²) in [5, 5.41) is 7.81. The van der Waals surface area contributed by atoms with Crippen LogP contribution < -0.4 is 5.32 Å². The SMILES string of the molecule is CNCCCc1nc(CSc2ccccc2Cl)no1. The lowest BCUT2D eigenvalue weighted by molar-refractivity contribution is 0.371. The molecule has 0 saturated carbocycles. The van der Waals surface area contributed by atoms with Gasteiger partial charge in [-0.05, 0) is 32.1 Å². The van der Waals surface area contributed by atoms with Crippen molar-refractivity contribution in [1.82, 2.24) is 15.5 Å². The Morgan fingerprint density at radius 2 is 2.21 bits per heavy atom. The number of aryl methyl sites for hydroxylation is 1. The molecule has 0 bridgehead atoms. The predicted molar refractivity (Wildman–Crippen MR) is 77.6 cm³/mol. The first-order valence-corrected chi connectivity index (χ1v) is 7.49. The van der Waals surface area contributed by atoms with Crippen molar-refractivity contribution in [1.29, 1.82) is 0 Å². The van der Waals surface area contributed by atoms with Gasteiger partial charge in [0, 0.05) is 11.3 Å². The third kappa shape index (κ3) is 4.53. The molecule has 1 heterocycles. The van der Waals surface area contributed by atoms with Gasteiger partial charge in [-0.2, -0.15) is 4.98 Å². The number of nitrogens with one attached hydrogen (secondary N) is 1. The maximum atomic E-state index is 6.09. The molecule has 0 aliphatic rings. The van der Waals surface area contributed by atoms with Gasteiger partial charge in [0.05, 0.1) is 10.8 Å². The second-order valence-corrected chi connectivity index (χ2v) is 5.45. The number of hydrogen-bond acceptors (Lipinski definition) is 5. The zero-order valence-electron chi connectivity index (χ0n) is 10.7. The van der Waals surface area contributed by atoms with Crippen LogP contribution in [0.3, 0.4) is 0 Å². The van der Waals surface area contributed by atoms with Crippen LogP contribution in [0.5, 0.6) is 0 Å². The molecule has 0 unspecified atom stereocenters. The van der Waals surface area contributed by atoms with Crippen molar-refractivity contribution in [2.75, 3.05) is 13.6 Å². The minimum Gasteiger partial charge on any atom is -0.339 e. The van der Waals surface area contributed by atoms with Crippen molar-refractivity contribution in [3.05, 3.63) is 41.0 Å². The highest BCUT2D eigenvalue weighted by Gasteiger charge is 2.07. The summed E-state index contributed by atoms with van der Waals surface area (Å²) in [5.41, 5.74) is 0. The number of hydrogen-bond donors (Lipinski definition) is 1. The molecule has 1 aromatic carbocycles. The van der Waals surface area contributed by atoms with Crippen LogP contribution in [0.2, 0.25) is 5.02 Å². The standard InChI is InChI=1S/C13H16ClN3OS/c1-15-8-4-7-13-16-12(17-18-13)9-19-11-6-3-2-5-10(11)14/h2-3,5-6,15H,4,7-9H2,1H3. The maximum Gasteiger partial charge on any atom is 0.226 e. The zero-order chi connectivity index (χ0) is 13.5. The summed E-state index contributed by atoms with van der Waals surface area (Å²) in [4.78, 5) is 5.39. The Labute approximate surface area is 121 Å². The Kier molecular flexibility index (Phi) is 5.69. The molecular weight excluding hydrogens is 282 g/mol. The molecule has 0 aliphatic carbocycles. The van der Waals surface area contributed by atoms with Crippen LogP contribution in [0.1, 0.15) is 18.1 Å². The van der Waals surface area contributed by atoms with Gasteiger partial charge in [0.15, 0.2) is 5.82 Å². The fourth-order valence-corrected chi connectivity index (χ4v) is 2.65. The average molecular weight is 298 g/mol. The quantitative estimate of drug-likeness (QED) is 0.628. The molecule has 0 saturated heterocycles. The van der Waals surface area contributed by atoms with Crippen LogP contribution >= 0.6 is 23.4 Å². The van der Waals surface area contributed by atoms with E-state index in [-0.39, 0.29) is 0 Å². The molecule has 0 atom stereocenters. The van der Waals surface area contributed by atoms with E-state index >= 15 is 0 Å². The Hall–Kier alpha value is -1.04. The lowest BCUT2D eigenvalue weighted by Crippen LogP contribution is -2.08. The second-order valence-electron chi connectivity index (χ2n) is 4.03. The monoisotopic (exact) mass is 297 g/mol. The van der Waals surface area contributed by atoms with Gasteiger partial charge in [0.2, 0.25) is 5.89 Å². The Bertz CT molecular complexity index is 518. The maximum absolute atomic E-state index is 6.09. The van der Waals surface area contributed by atoms with Crippen LogP contribution in [-0.4, -0.2) is 23.7 Å². The van der Waals surface area contributed by atoms with Crippen LogP contribution in [0.25, 0.3) is 0 Å². The molecule has 2 aromatic rings. The first kappa shape index (κ1) is 14.4. The van der Waals surface area contributed by atoms with Gasteiger partial charge in [0.25, 0.3) is 0 Å². The summed E-state index contributed by atoms with van der Waals surface area (Å²) in [5.74, 6) is 2.08. The molecule has 2 rings (SSSR count). The van der Waals surface area contributed by atoms with Crippen molar-refractivity contribution in [2.24, 2.45) is 0 Å². The highest BCUT2D eigenvalue weighted by atomic mass is 35.5. The molecular formula is C13H16ClN3OS. The van der Waals surface area contributed by atoms with Gasteiger partial charge in [-0.25, -0.2) is 0 Å². The van der Waals surface area contributed by atoms with E-state index in [4.69, 9.17) is 16.1 Å². The molecule has 0 spiro atoms. The zero-order valence-corrected chi connectivity index (χ0v) is 12.3. The number of thioether (sulfide) groups is 1. The molecule has 102 valence electrons. The number of rotatable bonds is 7. The van der Waals surface area contributed by atoms with E-state index in [1.807, 2.05) is 31.3 Å². The van der Waals surface area contributed by atoms with Crippen molar-refractivity contribution in [3.63, 3.8) is 0 Å². The fraction of sp³-hybridized carbons (Fsp3) is 0.385. The van der Waals surface area contributed by atoms with Crippen LogP contribution in [-0.2, 0) is 12.2 Å². The molecule has 19 heavy (non-hydrogen) atoms. The first-order chi connectivity index (χ1) is 9.29. The second kappa shape index (κ2) is 7.53. The largest absolute Gasteiger partial charge is 0.339 e. The van der Waals surface area contributed by atoms with E-state index in [1.54, 1.807) is 11.8 Å². The summed E-state index contributed by atoms with van der Waals surface area (Å²) in [6.45, 7) is 0.950. The minimum absolute atomic E-state index is 0.666. The van der Waals surface area contributed by atoms with E-state index in [2.05, 4.69) is 15.5 Å². The molecule has 0 radical (unpaired) electrons. The lowest BCUT2D eigenvalue weighted by Gasteiger charge is -2.00. The van der Waals surface area contributed by atoms with E-state index in [1.165, 1.54) is 0 Å².